The summed E-state index contributed by atoms with van der Waals surface area (Å²) in [5.74, 6) is 0.192. The summed E-state index contributed by atoms with van der Waals surface area (Å²) in [7, 11) is 1.38. The Morgan fingerprint density at radius 1 is 1.40 bits per heavy atom. The molecule has 0 spiro atoms. The van der Waals surface area contributed by atoms with E-state index in [-0.39, 0.29) is 24.7 Å². The van der Waals surface area contributed by atoms with Crippen molar-refractivity contribution in [2.75, 3.05) is 13.7 Å². The quantitative estimate of drug-likeness (QED) is 0.596. The molecule has 138 valence electrons. The van der Waals surface area contributed by atoms with Gasteiger partial charge in [0, 0.05) is 11.6 Å². The molecule has 1 N–H and O–H groups in total. The second-order valence-electron chi connectivity index (χ2n) is 7.27. The summed E-state index contributed by atoms with van der Waals surface area (Å²) in [6, 6.07) is 4.64. The number of nitro benzene ring substituents is 1. The molecule has 8 heteroatoms. The molecule has 25 heavy (non-hydrogen) atoms. The van der Waals surface area contributed by atoms with E-state index in [1.54, 1.807) is 6.07 Å². The lowest BCUT2D eigenvalue weighted by atomic mass is 10.0. The first-order chi connectivity index (χ1) is 11.6. The number of carbonyl (C=O) groups is 1. The minimum absolute atomic E-state index is 0.119. The number of amides is 1. The Labute approximate surface area is 146 Å². The van der Waals surface area contributed by atoms with E-state index >= 15 is 0 Å². The lowest BCUT2D eigenvalue weighted by Gasteiger charge is -2.40. The van der Waals surface area contributed by atoms with Crippen molar-refractivity contribution >= 4 is 11.8 Å². The standard InChI is InChI=1S/C17H24N2O6/c1-16(2,3)18(15(20)21)17(7-8-17)11-25-10-12-5-6-14(24-4)13(9-12)19(22)23/h5-6,9H,7-8,10-11H2,1-4H3,(H,20,21). The summed E-state index contributed by atoms with van der Waals surface area (Å²) in [6.07, 6.45) is 0.534. The van der Waals surface area contributed by atoms with Gasteiger partial charge < -0.3 is 14.6 Å². The molecule has 8 nitrogen and oxygen atoms in total. The molecule has 1 fully saturated rings. The van der Waals surface area contributed by atoms with Crippen LogP contribution in [-0.2, 0) is 11.3 Å². The SMILES string of the molecule is COc1ccc(COCC2(N(C(=O)O)C(C)(C)C)CC2)cc1[N+](=O)[O-]. The first-order valence-electron chi connectivity index (χ1n) is 8.03. The zero-order valence-electron chi connectivity index (χ0n) is 14.9. The summed E-state index contributed by atoms with van der Waals surface area (Å²) in [5.41, 5.74) is -0.514. The average Bonchev–Trinajstić information content (AvgIpc) is 3.25. The fourth-order valence-corrected chi connectivity index (χ4v) is 3.11. The molecule has 0 heterocycles. The summed E-state index contributed by atoms with van der Waals surface area (Å²) < 4.78 is 10.7. The summed E-state index contributed by atoms with van der Waals surface area (Å²) >= 11 is 0. The molecule has 0 radical (unpaired) electrons. The maximum Gasteiger partial charge on any atom is 0.408 e. The van der Waals surface area contributed by atoms with E-state index in [1.165, 1.54) is 24.1 Å². The molecule has 1 aromatic carbocycles. The van der Waals surface area contributed by atoms with Crippen LogP contribution >= 0.6 is 0 Å². The number of hydrogen-bond donors (Lipinski definition) is 1. The van der Waals surface area contributed by atoms with Crippen molar-refractivity contribution in [2.45, 2.75) is 51.3 Å². The van der Waals surface area contributed by atoms with E-state index in [1.807, 2.05) is 20.8 Å². The van der Waals surface area contributed by atoms with Crippen LogP contribution in [0.25, 0.3) is 0 Å². The van der Waals surface area contributed by atoms with Gasteiger partial charge in [-0.3, -0.25) is 15.0 Å². The van der Waals surface area contributed by atoms with Crippen LogP contribution in [0.2, 0.25) is 0 Å². The van der Waals surface area contributed by atoms with Gasteiger partial charge in [0.2, 0.25) is 0 Å². The fourth-order valence-electron chi connectivity index (χ4n) is 3.11. The molecule has 1 aliphatic rings. The molecule has 1 aromatic rings. The van der Waals surface area contributed by atoms with Crippen LogP contribution in [-0.4, -0.2) is 45.8 Å². The van der Waals surface area contributed by atoms with Crippen LogP contribution in [0.1, 0.15) is 39.2 Å². The summed E-state index contributed by atoms with van der Waals surface area (Å²) in [5, 5.41) is 20.6. The number of nitro groups is 1. The van der Waals surface area contributed by atoms with Crippen molar-refractivity contribution in [3.05, 3.63) is 33.9 Å². The Morgan fingerprint density at radius 2 is 2.04 bits per heavy atom. The van der Waals surface area contributed by atoms with Crippen LogP contribution in [0.3, 0.4) is 0 Å². The van der Waals surface area contributed by atoms with Crippen molar-refractivity contribution in [1.82, 2.24) is 4.90 Å². The predicted octanol–water partition coefficient (Wildman–Crippen LogP) is 3.43. The molecule has 0 saturated heterocycles. The Hall–Kier alpha value is -2.35. The number of hydrogen-bond acceptors (Lipinski definition) is 5. The molecule has 1 amide bonds. The van der Waals surface area contributed by atoms with Gasteiger partial charge in [0.15, 0.2) is 5.75 Å². The largest absolute Gasteiger partial charge is 0.490 e. The fraction of sp³-hybridized carbons (Fsp3) is 0.588. The average molecular weight is 352 g/mol. The van der Waals surface area contributed by atoms with E-state index in [2.05, 4.69) is 0 Å². The van der Waals surface area contributed by atoms with E-state index in [9.17, 15) is 20.0 Å². The Kier molecular flexibility index (Phi) is 5.22. The van der Waals surface area contributed by atoms with Gasteiger partial charge in [-0.1, -0.05) is 6.07 Å². The maximum absolute atomic E-state index is 11.6. The lowest BCUT2D eigenvalue weighted by Crippen LogP contribution is -2.54. The monoisotopic (exact) mass is 352 g/mol. The van der Waals surface area contributed by atoms with Crippen molar-refractivity contribution in [2.24, 2.45) is 0 Å². The van der Waals surface area contributed by atoms with Gasteiger partial charge in [0.25, 0.3) is 0 Å². The van der Waals surface area contributed by atoms with E-state index in [4.69, 9.17) is 9.47 Å². The van der Waals surface area contributed by atoms with Gasteiger partial charge in [-0.25, -0.2) is 4.79 Å². The molecular formula is C17H24N2O6. The van der Waals surface area contributed by atoms with Crippen molar-refractivity contribution < 1.29 is 24.3 Å². The van der Waals surface area contributed by atoms with Crippen LogP contribution in [0.15, 0.2) is 18.2 Å². The molecule has 0 unspecified atom stereocenters. The van der Waals surface area contributed by atoms with Crippen LogP contribution in [0.4, 0.5) is 10.5 Å². The van der Waals surface area contributed by atoms with Crippen LogP contribution in [0, 0.1) is 10.1 Å². The first kappa shape index (κ1) is 19.0. The highest BCUT2D eigenvalue weighted by molar-refractivity contribution is 5.68. The number of benzene rings is 1. The van der Waals surface area contributed by atoms with Crippen LogP contribution < -0.4 is 4.74 Å². The van der Waals surface area contributed by atoms with Gasteiger partial charge in [-0.15, -0.1) is 0 Å². The third-order valence-corrected chi connectivity index (χ3v) is 4.24. The first-order valence-corrected chi connectivity index (χ1v) is 8.03. The zero-order chi connectivity index (χ0) is 18.8. The number of methoxy groups -OCH3 is 1. The molecule has 2 rings (SSSR count). The van der Waals surface area contributed by atoms with Gasteiger partial charge in [0.1, 0.15) is 0 Å². The molecule has 1 aliphatic carbocycles. The van der Waals surface area contributed by atoms with E-state index in [0.29, 0.717) is 5.56 Å². The van der Waals surface area contributed by atoms with Crippen molar-refractivity contribution in [1.29, 1.82) is 0 Å². The van der Waals surface area contributed by atoms with Gasteiger partial charge in [-0.05, 0) is 45.2 Å². The highest BCUT2D eigenvalue weighted by atomic mass is 16.6. The van der Waals surface area contributed by atoms with E-state index in [0.717, 1.165) is 12.8 Å². The molecular weight excluding hydrogens is 328 g/mol. The van der Waals surface area contributed by atoms with Crippen molar-refractivity contribution in [3.8, 4) is 5.75 Å². The number of rotatable bonds is 7. The number of carboxylic acid groups (broad SMARTS) is 1. The highest BCUT2D eigenvalue weighted by Gasteiger charge is 2.54. The van der Waals surface area contributed by atoms with Gasteiger partial charge >= 0.3 is 11.8 Å². The summed E-state index contributed by atoms with van der Waals surface area (Å²) in [6.45, 7) is 6.00. The Morgan fingerprint density at radius 3 is 2.48 bits per heavy atom. The smallest absolute Gasteiger partial charge is 0.408 e. The lowest BCUT2D eigenvalue weighted by molar-refractivity contribution is -0.385. The Bertz CT molecular complexity index is 664. The van der Waals surface area contributed by atoms with Crippen LogP contribution in [0.5, 0.6) is 5.75 Å². The molecule has 1 saturated carbocycles. The zero-order valence-corrected chi connectivity index (χ0v) is 14.9. The topological polar surface area (TPSA) is 102 Å². The Balaban J connectivity index is 2.04. The highest BCUT2D eigenvalue weighted by Crippen LogP contribution is 2.45. The second kappa shape index (κ2) is 6.87. The maximum atomic E-state index is 11.6. The van der Waals surface area contributed by atoms with Crippen molar-refractivity contribution in [3.63, 3.8) is 0 Å². The van der Waals surface area contributed by atoms with Gasteiger partial charge in [-0.2, -0.15) is 0 Å². The third kappa shape index (κ3) is 4.19. The molecule has 0 aromatic heterocycles. The molecule has 0 aliphatic heterocycles. The predicted molar refractivity (Wildman–Crippen MR) is 90.9 cm³/mol. The minimum Gasteiger partial charge on any atom is -0.490 e. The normalized spacial score (nSPS) is 15.5. The number of ether oxygens (including phenoxy) is 2. The molecule has 0 atom stereocenters. The van der Waals surface area contributed by atoms with Gasteiger partial charge in [0.05, 0.1) is 30.8 Å². The molecule has 0 bridgehead atoms. The second-order valence-corrected chi connectivity index (χ2v) is 7.27. The van der Waals surface area contributed by atoms with E-state index < -0.39 is 22.1 Å². The summed E-state index contributed by atoms with van der Waals surface area (Å²) in [4.78, 5) is 23.7. The third-order valence-electron chi connectivity index (χ3n) is 4.24. The number of nitrogens with zero attached hydrogens (tertiary/aromatic N) is 2. The minimum atomic E-state index is -0.964.